The lowest BCUT2D eigenvalue weighted by Gasteiger charge is -2.20. The fourth-order valence-electron chi connectivity index (χ4n) is 2.04. The van der Waals surface area contributed by atoms with Gasteiger partial charge in [-0.3, -0.25) is 0 Å². The number of sulfonamides is 1. The molecule has 0 fully saturated rings. The van der Waals surface area contributed by atoms with Gasteiger partial charge < -0.3 is 5.32 Å². The van der Waals surface area contributed by atoms with E-state index in [0.717, 1.165) is 17.5 Å². The zero-order valence-electron chi connectivity index (χ0n) is 12.2. The molecule has 19 heavy (non-hydrogen) atoms. The van der Waals surface area contributed by atoms with Crippen LogP contribution in [0.25, 0.3) is 0 Å². The summed E-state index contributed by atoms with van der Waals surface area (Å²) in [5.41, 5.74) is 2.13. The maximum Gasteiger partial charge on any atom is 0.243 e. The number of aryl methyl sites for hydroxylation is 1. The highest BCUT2D eigenvalue weighted by Gasteiger charge is 2.22. The molecule has 0 aliphatic carbocycles. The second-order valence-electron chi connectivity index (χ2n) is 4.62. The van der Waals surface area contributed by atoms with Crippen LogP contribution in [0.2, 0.25) is 0 Å². The SMILES string of the molecule is CCCN(CC)S(=O)(=O)c1ccc(C)c(CNC)c1. The molecule has 0 saturated heterocycles. The topological polar surface area (TPSA) is 49.4 Å². The minimum absolute atomic E-state index is 0.388. The first-order valence-electron chi connectivity index (χ1n) is 6.71. The summed E-state index contributed by atoms with van der Waals surface area (Å²) >= 11 is 0. The van der Waals surface area contributed by atoms with Gasteiger partial charge in [-0.1, -0.05) is 19.9 Å². The summed E-state index contributed by atoms with van der Waals surface area (Å²) in [5, 5.41) is 3.06. The number of benzene rings is 1. The lowest BCUT2D eigenvalue weighted by atomic mass is 10.1. The summed E-state index contributed by atoms with van der Waals surface area (Å²) < 4.78 is 26.6. The second kappa shape index (κ2) is 7.03. The Balaban J connectivity index is 3.17. The van der Waals surface area contributed by atoms with Crippen LogP contribution < -0.4 is 5.32 Å². The van der Waals surface area contributed by atoms with Crippen LogP contribution >= 0.6 is 0 Å². The van der Waals surface area contributed by atoms with Crippen LogP contribution in [0.4, 0.5) is 0 Å². The first kappa shape index (κ1) is 16.1. The number of hydrogen-bond acceptors (Lipinski definition) is 3. The lowest BCUT2D eigenvalue weighted by Crippen LogP contribution is -2.31. The fraction of sp³-hybridized carbons (Fsp3) is 0.571. The molecule has 108 valence electrons. The van der Waals surface area contributed by atoms with Crippen molar-refractivity contribution < 1.29 is 8.42 Å². The van der Waals surface area contributed by atoms with Gasteiger partial charge in [0.05, 0.1) is 4.90 Å². The van der Waals surface area contributed by atoms with Crippen LogP contribution in [0.15, 0.2) is 23.1 Å². The number of nitrogens with zero attached hydrogens (tertiary/aromatic N) is 1. The van der Waals surface area contributed by atoms with Crippen molar-refractivity contribution in [2.24, 2.45) is 0 Å². The van der Waals surface area contributed by atoms with E-state index in [-0.39, 0.29) is 0 Å². The Labute approximate surface area is 116 Å². The quantitative estimate of drug-likeness (QED) is 0.834. The molecule has 0 radical (unpaired) electrons. The van der Waals surface area contributed by atoms with Crippen molar-refractivity contribution in [2.45, 2.75) is 38.6 Å². The minimum Gasteiger partial charge on any atom is -0.316 e. The maximum atomic E-state index is 12.5. The van der Waals surface area contributed by atoms with Gasteiger partial charge in [0.15, 0.2) is 0 Å². The molecule has 1 rings (SSSR count). The van der Waals surface area contributed by atoms with Crippen LogP contribution in [-0.2, 0) is 16.6 Å². The van der Waals surface area contributed by atoms with E-state index in [0.29, 0.717) is 24.5 Å². The van der Waals surface area contributed by atoms with Crippen molar-refractivity contribution in [3.05, 3.63) is 29.3 Å². The van der Waals surface area contributed by atoms with Gasteiger partial charge in [-0.15, -0.1) is 0 Å². The van der Waals surface area contributed by atoms with Gasteiger partial charge in [-0.2, -0.15) is 4.31 Å². The highest BCUT2D eigenvalue weighted by molar-refractivity contribution is 7.89. The molecule has 1 N–H and O–H groups in total. The molecule has 0 bridgehead atoms. The van der Waals surface area contributed by atoms with E-state index in [1.807, 2.05) is 33.9 Å². The molecule has 0 aromatic heterocycles. The standard InChI is InChI=1S/C14H24N2O2S/c1-5-9-16(6-2)19(17,18)14-8-7-12(3)13(10-14)11-15-4/h7-8,10,15H,5-6,9,11H2,1-4H3. The molecule has 0 saturated carbocycles. The Morgan fingerprint density at radius 1 is 1.26 bits per heavy atom. The van der Waals surface area contributed by atoms with E-state index < -0.39 is 10.0 Å². The highest BCUT2D eigenvalue weighted by Crippen LogP contribution is 2.19. The van der Waals surface area contributed by atoms with Crippen LogP contribution in [0.1, 0.15) is 31.4 Å². The first-order valence-corrected chi connectivity index (χ1v) is 8.15. The predicted octanol–water partition coefficient (Wildman–Crippen LogP) is 2.14. The van der Waals surface area contributed by atoms with E-state index in [1.165, 1.54) is 4.31 Å². The van der Waals surface area contributed by atoms with Crippen molar-refractivity contribution in [1.82, 2.24) is 9.62 Å². The van der Waals surface area contributed by atoms with Gasteiger partial charge in [0, 0.05) is 19.6 Å². The largest absolute Gasteiger partial charge is 0.316 e. The molecule has 0 unspecified atom stereocenters. The third-order valence-corrected chi connectivity index (χ3v) is 5.12. The minimum atomic E-state index is -3.37. The second-order valence-corrected chi connectivity index (χ2v) is 6.55. The average molecular weight is 284 g/mol. The van der Waals surface area contributed by atoms with E-state index in [9.17, 15) is 8.42 Å². The highest BCUT2D eigenvalue weighted by atomic mass is 32.2. The van der Waals surface area contributed by atoms with Crippen LogP contribution in [0.3, 0.4) is 0 Å². The van der Waals surface area contributed by atoms with Crippen LogP contribution in [0.5, 0.6) is 0 Å². The van der Waals surface area contributed by atoms with Gasteiger partial charge >= 0.3 is 0 Å². The molecule has 4 nitrogen and oxygen atoms in total. The van der Waals surface area contributed by atoms with Crippen LogP contribution in [-0.4, -0.2) is 32.9 Å². The maximum absolute atomic E-state index is 12.5. The molecule has 1 aromatic rings. The van der Waals surface area contributed by atoms with Crippen molar-refractivity contribution in [2.75, 3.05) is 20.1 Å². The van der Waals surface area contributed by atoms with E-state index >= 15 is 0 Å². The van der Waals surface area contributed by atoms with E-state index in [4.69, 9.17) is 0 Å². The Morgan fingerprint density at radius 3 is 2.47 bits per heavy atom. The monoisotopic (exact) mass is 284 g/mol. The molecule has 1 aromatic carbocycles. The van der Waals surface area contributed by atoms with E-state index in [1.54, 1.807) is 12.1 Å². The zero-order chi connectivity index (χ0) is 14.5. The molecule has 0 atom stereocenters. The number of hydrogen-bond donors (Lipinski definition) is 1. The normalized spacial score (nSPS) is 12.1. The Hall–Kier alpha value is -0.910. The molecule has 0 aliphatic heterocycles. The van der Waals surface area contributed by atoms with Gasteiger partial charge in [-0.05, 0) is 43.7 Å². The van der Waals surface area contributed by atoms with Gasteiger partial charge in [0.25, 0.3) is 0 Å². The summed E-state index contributed by atoms with van der Waals surface area (Å²) in [6, 6.07) is 5.35. The Bertz CT molecular complexity index is 512. The Morgan fingerprint density at radius 2 is 1.95 bits per heavy atom. The molecule has 0 amide bonds. The van der Waals surface area contributed by atoms with Crippen LogP contribution in [0, 0.1) is 6.92 Å². The molecule has 0 heterocycles. The summed E-state index contributed by atoms with van der Waals surface area (Å²) in [7, 11) is -1.51. The smallest absolute Gasteiger partial charge is 0.243 e. The molecule has 0 aliphatic rings. The molecule has 0 spiro atoms. The fourth-order valence-corrected chi connectivity index (χ4v) is 3.63. The van der Waals surface area contributed by atoms with Crippen molar-refractivity contribution in [3.8, 4) is 0 Å². The molecular formula is C14H24N2O2S. The van der Waals surface area contributed by atoms with Crippen molar-refractivity contribution in [3.63, 3.8) is 0 Å². The molecular weight excluding hydrogens is 260 g/mol. The third-order valence-electron chi connectivity index (χ3n) is 3.15. The number of rotatable bonds is 7. The third kappa shape index (κ3) is 3.78. The summed E-state index contributed by atoms with van der Waals surface area (Å²) in [6.45, 7) is 7.59. The number of nitrogens with one attached hydrogen (secondary N) is 1. The molecule has 5 heteroatoms. The lowest BCUT2D eigenvalue weighted by molar-refractivity contribution is 0.427. The summed E-state index contributed by atoms with van der Waals surface area (Å²) in [6.07, 6.45) is 0.822. The zero-order valence-corrected chi connectivity index (χ0v) is 13.0. The predicted molar refractivity (Wildman–Crippen MR) is 78.7 cm³/mol. The Kier molecular flexibility index (Phi) is 5.97. The van der Waals surface area contributed by atoms with Crippen molar-refractivity contribution >= 4 is 10.0 Å². The summed E-state index contributed by atoms with van der Waals surface area (Å²) in [4.78, 5) is 0.388. The van der Waals surface area contributed by atoms with E-state index in [2.05, 4.69) is 5.32 Å². The first-order chi connectivity index (χ1) is 8.97. The van der Waals surface area contributed by atoms with Gasteiger partial charge in [-0.25, -0.2) is 8.42 Å². The van der Waals surface area contributed by atoms with Crippen molar-refractivity contribution in [1.29, 1.82) is 0 Å². The van der Waals surface area contributed by atoms with Gasteiger partial charge in [0.1, 0.15) is 0 Å². The average Bonchev–Trinajstić information content (AvgIpc) is 2.38. The van der Waals surface area contributed by atoms with Gasteiger partial charge in [0.2, 0.25) is 10.0 Å². The summed E-state index contributed by atoms with van der Waals surface area (Å²) in [5.74, 6) is 0.